The number of aromatic amines is 1. The van der Waals surface area contributed by atoms with Crippen LogP contribution in [0, 0.1) is 11.8 Å². The second-order valence-electron chi connectivity index (χ2n) is 8.67. The number of carbonyl (C=O) groups is 1. The van der Waals surface area contributed by atoms with E-state index in [1.165, 1.54) is 0 Å². The van der Waals surface area contributed by atoms with Crippen LogP contribution < -0.4 is 21.1 Å². The number of para-hydroxylation sites is 1. The summed E-state index contributed by atoms with van der Waals surface area (Å²) in [4.78, 5) is 31.5. The summed E-state index contributed by atoms with van der Waals surface area (Å²) < 4.78 is 3.15. The molecule has 0 aliphatic carbocycles. The molecule has 184 valence electrons. The zero-order valence-electron chi connectivity index (χ0n) is 20.3. The van der Waals surface area contributed by atoms with Gasteiger partial charge in [-0.3, -0.25) is 14.2 Å². The molecule has 0 bridgehead atoms. The number of carbonyl (C=O) groups excluding carboxylic acids is 1. The van der Waals surface area contributed by atoms with Crippen LogP contribution in [0.3, 0.4) is 0 Å². The van der Waals surface area contributed by atoms with Crippen molar-refractivity contribution in [2.75, 3.05) is 5.73 Å². The highest BCUT2D eigenvalue weighted by atomic mass is 16.3. The molecule has 0 spiro atoms. The summed E-state index contributed by atoms with van der Waals surface area (Å²) in [5.74, 6) is 5.40. The minimum Gasteiger partial charge on any atom is -0.382 e. The lowest BCUT2D eigenvalue weighted by Crippen LogP contribution is -2.33. The molecule has 0 radical (unpaired) electrons. The molecule has 0 aliphatic rings. The van der Waals surface area contributed by atoms with Gasteiger partial charge in [-0.2, -0.15) is 0 Å². The molecule has 0 saturated carbocycles. The number of hydrogen-bond acceptors (Lipinski definition) is 5. The van der Waals surface area contributed by atoms with Crippen LogP contribution in [0.4, 0.5) is 5.82 Å². The van der Waals surface area contributed by atoms with Crippen LogP contribution in [-0.4, -0.2) is 31.8 Å². The normalized spacial score (nSPS) is 12.6. The van der Waals surface area contributed by atoms with Crippen molar-refractivity contribution in [3.05, 3.63) is 100 Å². The Kier molecular flexibility index (Phi) is 6.17. The Morgan fingerprint density at radius 3 is 2.70 bits per heavy atom. The van der Waals surface area contributed by atoms with Gasteiger partial charge in [0, 0.05) is 23.0 Å². The Bertz CT molecular complexity index is 1760. The molecular formula is C28H25N6O3+. The zero-order chi connectivity index (χ0) is 26.1. The number of fused-ring (bicyclic) bond motifs is 2. The summed E-state index contributed by atoms with van der Waals surface area (Å²) in [6.07, 6.45) is 2.47. The molecule has 5 aromatic rings. The van der Waals surface area contributed by atoms with E-state index in [-0.39, 0.29) is 16.9 Å². The minimum atomic E-state index is -0.828. The standard InChI is InChI=1S/C28H24N6O3/c1-17(35)12-13-19-8-6-9-20-16-22(34(28(37)23(19)20)21-10-4-3-5-11-21)18(2)31-27(36)24-25(29)32-33-15-7-14-30-26(24)33/h3-11,14-18,35H,1-2H3,(H3,29,31,32,36)/p+1. The quantitative estimate of drug-likeness (QED) is 0.225. The number of nitrogens with one attached hydrogen (secondary N) is 2. The summed E-state index contributed by atoms with van der Waals surface area (Å²) in [6, 6.07) is 17.6. The predicted molar refractivity (Wildman–Crippen MR) is 140 cm³/mol. The van der Waals surface area contributed by atoms with Gasteiger partial charge in [0.2, 0.25) is 0 Å². The highest BCUT2D eigenvalue weighted by molar-refractivity contribution is 6.03. The van der Waals surface area contributed by atoms with E-state index in [9.17, 15) is 14.7 Å². The lowest BCUT2D eigenvalue weighted by Gasteiger charge is -2.21. The fourth-order valence-electron chi connectivity index (χ4n) is 4.35. The summed E-state index contributed by atoms with van der Waals surface area (Å²) in [5.41, 5.74) is 8.17. The molecule has 3 aromatic heterocycles. The van der Waals surface area contributed by atoms with Crippen LogP contribution in [0.15, 0.2) is 77.9 Å². The average Bonchev–Trinajstić information content (AvgIpc) is 3.23. The maximum absolute atomic E-state index is 13.9. The second kappa shape index (κ2) is 9.60. The third-order valence-electron chi connectivity index (χ3n) is 6.00. The van der Waals surface area contributed by atoms with Crippen molar-refractivity contribution in [3.8, 4) is 17.5 Å². The molecule has 2 atom stereocenters. The number of hydrogen-bond donors (Lipinski definition) is 4. The second-order valence-corrected chi connectivity index (χ2v) is 8.67. The molecule has 2 unspecified atom stereocenters. The van der Waals surface area contributed by atoms with E-state index in [2.05, 4.69) is 27.2 Å². The first-order valence-corrected chi connectivity index (χ1v) is 11.7. The topological polar surface area (TPSA) is 130 Å². The number of nitrogens with zero attached hydrogens (tertiary/aromatic N) is 3. The molecule has 2 aromatic carbocycles. The molecule has 0 fully saturated rings. The zero-order valence-corrected chi connectivity index (χ0v) is 20.3. The van der Waals surface area contributed by atoms with Gasteiger partial charge < -0.3 is 16.2 Å². The summed E-state index contributed by atoms with van der Waals surface area (Å²) in [7, 11) is 0. The molecule has 0 saturated heterocycles. The van der Waals surface area contributed by atoms with Gasteiger partial charge in [0.15, 0.2) is 11.4 Å². The summed E-state index contributed by atoms with van der Waals surface area (Å²) in [5, 5.41) is 16.6. The van der Waals surface area contributed by atoms with Gasteiger partial charge in [-0.15, -0.1) is 4.52 Å². The number of anilines is 1. The minimum absolute atomic E-state index is 0.184. The molecular weight excluding hydrogens is 468 g/mol. The van der Waals surface area contributed by atoms with Crippen molar-refractivity contribution in [2.45, 2.75) is 26.0 Å². The Hall–Kier alpha value is -4.94. The number of aromatic nitrogens is 4. The fraction of sp³-hybridized carbons (Fsp3) is 0.143. The average molecular weight is 494 g/mol. The Morgan fingerprint density at radius 1 is 1.16 bits per heavy atom. The van der Waals surface area contributed by atoms with E-state index in [0.29, 0.717) is 33.4 Å². The van der Waals surface area contributed by atoms with Crippen LogP contribution in [0.25, 0.3) is 22.1 Å². The number of pyridine rings is 1. The molecule has 37 heavy (non-hydrogen) atoms. The first kappa shape index (κ1) is 23.8. The maximum Gasteiger partial charge on any atom is 0.362 e. The Labute approximate surface area is 212 Å². The number of nitrogen functional groups attached to an aromatic ring is 1. The van der Waals surface area contributed by atoms with Gasteiger partial charge in [0.1, 0.15) is 18.5 Å². The molecule has 5 N–H and O–H groups in total. The molecule has 3 heterocycles. The molecule has 5 rings (SSSR count). The number of aliphatic hydroxyl groups is 1. The Morgan fingerprint density at radius 2 is 1.95 bits per heavy atom. The van der Waals surface area contributed by atoms with Crippen LogP contribution in [-0.2, 0) is 0 Å². The van der Waals surface area contributed by atoms with E-state index in [1.807, 2.05) is 48.5 Å². The highest BCUT2D eigenvalue weighted by Gasteiger charge is 2.27. The van der Waals surface area contributed by atoms with Crippen molar-refractivity contribution in [3.63, 3.8) is 0 Å². The first-order chi connectivity index (χ1) is 17.8. The predicted octanol–water partition coefficient (Wildman–Crippen LogP) is 2.26. The summed E-state index contributed by atoms with van der Waals surface area (Å²) in [6.45, 7) is 3.37. The SMILES string of the molecule is CC(O)C#Cc1cccc2cc(C(C)NC(=O)c3c(N)[nH][n+]4cccnc34)n(-c3ccccc3)c(=O)c12. The fourth-order valence-corrected chi connectivity index (χ4v) is 4.35. The van der Waals surface area contributed by atoms with Gasteiger partial charge in [-0.05, 0) is 48.5 Å². The van der Waals surface area contributed by atoms with E-state index in [4.69, 9.17) is 5.73 Å². The monoisotopic (exact) mass is 493 g/mol. The van der Waals surface area contributed by atoms with Gasteiger partial charge in [0.25, 0.3) is 11.5 Å². The van der Waals surface area contributed by atoms with Gasteiger partial charge in [0.05, 0.1) is 11.4 Å². The molecule has 0 aliphatic heterocycles. The van der Waals surface area contributed by atoms with Crippen molar-refractivity contribution in [2.24, 2.45) is 0 Å². The van der Waals surface area contributed by atoms with E-state index >= 15 is 0 Å². The lowest BCUT2D eigenvalue weighted by atomic mass is 10.0. The van der Waals surface area contributed by atoms with E-state index in [1.54, 1.807) is 47.5 Å². The third kappa shape index (κ3) is 4.42. The number of rotatable bonds is 4. The van der Waals surface area contributed by atoms with Gasteiger partial charge >= 0.3 is 5.65 Å². The molecule has 9 nitrogen and oxygen atoms in total. The molecule has 1 amide bonds. The lowest BCUT2D eigenvalue weighted by molar-refractivity contribution is -0.577. The van der Waals surface area contributed by atoms with Crippen molar-refractivity contribution >= 4 is 28.1 Å². The van der Waals surface area contributed by atoms with Crippen LogP contribution in [0.2, 0.25) is 0 Å². The molecule has 9 heteroatoms. The van der Waals surface area contributed by atoms with E-state index < -0.39 is 18.1 Å². The Balaban J connectivity index is 1.66. The van der Waals surface area contributed by atoms with Crippen LogP contribution in [0.1, 0.15) is 41.5 Å². The largest absolute Gasteiger partial charge is 0.382 e. The number of benzene rings is 2. The number of aliphatic hydroxyl groups excluding tert-OH is 1. The van der Waals surface area contributed by atoms with E-state index in [0.717, 1.165) is 0 Å². The smallest absolute Gasteiger partial charge is 0.362 e. The number of amides is 1. The van der Waals surface area contributed by atoms with Gasteiger partial charge in [-0.25, -0.2) is 5.10 Å². The third-order valence-corrected chi connectivity index (χ3v) is 6.00. The number of H-pyrrole nitrogens is 1. The van der Waals surface area contributed by atoms with Gasteiger partial charge in [-0.1, -0.05) is 42.2 Å². The van der Waals surface area contributed by atoms with Crippen LogP contribution >= 0.6 is 0 Å². The number of nitrogens with two attached hydrogens (primary N) is 1. The van der Waals surface area contributed by atoms with Crippen LogP contribution in [0.5, 0.6) is 0 Å². The van der Waals surface area contributed by atoms with Crippen molar-refractivity contribution in [1.82, 2.24) is 20.0 Å². The summed E-state index contributed by atoms with van der Waals surface area (Å²) >= 11 is 0. The van der Waals surface area contributed by atoms with Crippen molar-refractivity contribution < 1.29 is 14.4 Å². The van der Waals surface area contributed by atoms with Crippen molar-refractivity contribution in [1.29, 1.82) is 0 Å². The first-order valence-electron chi connectivity index (χ1n) is 11.7. The highest BCUT2D eigenvalue weighted by Crippen LogP contribution is 2.24. The maximum atomic E-state index is 13.9.